The molecule has 0 aliphatic heterocycles. The molecule has 1 aromatic carbocycles. The van der Waals surface area contributed by atoms with Crippen LogP contribution in [0.4, 0.5) is 5.95 Å². The number of nitrogens with one attached hydrogen (secondary N) is 2. The van der Waals surface area contributed by atoms with Gasteiger partial charge >= 0.3 is 0 Å². The van der Waals surface area contributed by atoms with Crippen LogP contribution >= 0.6 is 0 Å². The van der Waals surface area contributed by atoms with E-state index in [1.165, 1.54) is 6.33 Å². The predicted molar refractivity (Wildman–Crippen MR) is 84.2 cm³/mol. The second-order valence-corrected chi connectivity index (χ2v) is 5.15. The lowest BCUT2D eigenvalue weighted by Crippen LogP contribution is -2.19. The lowest BCUT2D eigenvalue weighted by molar-refractivity contribution is 0.102. The monoisotopic (exact) mass is 313 g/mol. The molecule has 0 bridgehead atoms. The zero-order valence-electron chi connectivity index (χ0n) is 12.4. The number of nitrogens with zero attached hydrogens (tertiary/aromatic N) is 3. The molecule has 2 heterocycles. The first kappa shape index (κ1) is 14.9. The third-order valence-corrected chi connectivity index (χ3v) is 3.20. The second kappa shape index (κ2) is 6.01. The molecule has 0 fully saturated rings. The fourth-order valence-electron chi connectivity index (χ4n) is 2.20. The molecule has 2 aromatic heterocycles. The first-order valence-corrected chi connectivity index (χ1v) is 7.04. The molecule has 0 saturated carbocycles. The number of aromatic amines is 1. The summed E-state index contributed by atoms with van der Waals surface area (Å²) >= 11 is 0. The molecule has 0 aliphatic carbocycles. The highest BCUT2D eigenvalue weighted by atomic mass is 16.3. The van der Waals surface area contributed by atoms with E-state index in [0.717, 1.165) is 0 Å². The molecule has 0 spiro atoms. The molecule has 3 N–H and O–H groups in total. The molecule has 23 heavy (non-hydrogen) atoms. The molecule has 0 aliphatic rings. The third-order valence-electron chi connectivity index (χ3n) is 3.20. The van der Waals surface area contributed by atoms with Gasteiger partial charge in [-0.15, -0.1) is 0 Å². The number of imidazole rings is 1. The number of aliphatic hydroxyl groups excluding tert-OH is 1. The maximum Gasteiger partial charge on any atom is 0.280 e. The van der Waals surface area contributed by atoms with Crippen LogP contribution in [0.15, 0.2) is 41.5 Å². The Morgan fingerprint density at radius 2 is 2.13 bits per heavy atom. The van der Waals surface area contributed by atoms with Crippen molar-refractivity contribution in [2.45, 2.75) is 19.6 Å². The van der Waals surface area contributed by atoms with Gasteiger partial charge in [0.25, 0.3) is 11.5 Å². The molecule has 3 rings (SSSR count). The van der Waals surface area contributed by atoms with Crippen molar-refractivity contribution in [2.75, 3.05) is 5.32 Å². The van der Waals surface area contributed by atoms with Crippen molar-refractivity contribution < 1.29 is 9.90 Å². The highest BCUT2D eigenvalue weighted by molar-refractivity contribution is 6.03. The first-order chi connectivity index (χ1) is 11.0. The van der Waals surface area contributed by atoms with Crippen molar-refractivity contribution in [2.24, 2.45) is 0 Å². The van der Waals surface area contributed by atoms with E-state index in [2.05, 4.69) is 20.3 Å². The van der Waals surface area contributed by atoms with E-state index in [4.69, 9.17) is 0 Å². The van der Waals surface area contributed by atoms with Crippen molar-refractivity contribution in [1.29, 1.82) is 0 Å². The summed E-state index contributed by atoms with van der Waals surface area (Å²) in [6.45, 7) is 1.87. The van der Waals surface area contributed by atoms with E-state index in [1.807, 2.05) is 0 Å². The van der Waals surface area contributed by atoms with Crippen LogP contribution in [0.1, 0.15) is 17.3 Å². The molecule has 0 radical (unpaired) electrons. The zero-order valence-corrected chi connectivity index (χ0v) is 12.4. The van der Waals surface area contributed by atoms with Gasteiger partial charge in [-0.1, -0.05) is 18.2 Å². The van der Waals surface area contributed by atoms with Crippen molar-refractivity contribution in [3.05, 3.63) is 52.6 Å². The lowest BCUT2D eigenvalue weighted by atomic mass is 10.2. The Bertz CT molecular complexity index is 898. The van der Waals surface area contributed by atoms with E-state index >= 15 is 0 Å². The maximum absolute atomic E-state index is 12.1. The Morgan fingerprint density at radius 1 is 1.39 bits per heavy atom. The number of rotatable bonds is 4. The van der Waals surface area contributed by atoms with Gasteiger partial charge in [0, 0.05) is 5.56 Å². The minimum Gasteiger partial charge on any atom is -0.392 e. The van der Waals surface area contributed by atoms with Crippen molar-refractivity contribution in [3.63, 3.8) is 0 Å². The summed E-state index contributed by atoms with van der Waals surface area (Å²) in [7, 11) is 0. The summed E-state index contributed by atoms with van der Waals surface area (Å²) in [5, 5.41) is 12.0. The molecule has 3 aromatic rings. The van der Waals surface area contributed by atoms with Crippen LogP contribution in [-0.2, 0) is 6.54 Å². The SMILES string of the molecule is CC(O)Cn1cnc2c(=O)[nH]c(NC(=O)c3ccccc3)nc21. The standard InChI is InChI=1S/C15H15N5O3/c1-9(21)7-20-8-16-11-12(20)17-15(19-14(11)23)18-13(22)10-5-3-2-4-6-10/h2-6,8-9,21H,7H2,1H3,(H2,17,18,19,22,23). The molecule has 0 saturated heterocycles. The van der Waals surface area contributed by atoms with Gasteiger partial charge in [-0.25, -0.2) is 4.98 Å². The van der Waals surface area contributed by atoms with E-state index in [9.17, 15) is 14.7 Å². The molecule has 1 atom stereocenters. The highest BCUT2D eigenvalue weighted by Crippen LogP contribution is 2.10. The molecular formula is C15H15N5O3. The topological polar surface area (TPSA) is 113 Å². The Morgan fingerprint density at radius 3 is 2.83 bits per heavy atom. The fourth-order valence-corrected chi connectivity index (χ4v) is 2.20. The van der Waals surface area contributed by atoms with Crippen LogP contribution in [-0.4, -0.2) is 36.6 Å². The number of H-pyrrole nitrogens is 1. The highest BCUT2D eigenvalue weighted by Gasteiger charge is 2.13. The Kier molecular flexibility index (Phi) is 3.90. The smallest absolute Gasteiger partial charge is 0.280 e. The number of benzene rings is 1. The van der Waals surface area contributed by atoms with Gasteiger partial charge in [0.2, 0.25) is 5.95 Å². The minimum atomic E-state index is -0.615. The molecular weight excluding hydrogens is 298 g/mol. The molecule has 8 nitrogen and oxygen atoms in total. The number of hydrogen-bond acceptors (Lipinski definition) is 5. The Labute approximate surface area is 130 Å². The van der Waals surface area contributed by atoms with Gasteiger partial charge in [0.15, 0.2) is 11.2 Å². The second-order valence-electron chi connectivity index (χ2n) is 5.15. The van der Waals surface area contributed by atoms with Gasteiger partial charge < -0.3 is 9.67 Å². The number of amides is 1. The number of anilines is 1. The summed E-state index contributed by atoms with van der Waals surface area (Å²) in [5.74, 6) is -0.349. The molecule has 1 unspecified atom stereocenters. The number of hydrogen-bond donors (Lipinski definition) is 3. The third kappa shape index (κ3) is 3.11. The normalized spacial score (nSPS) is 12.3. The summed E-state index contributed by atoms with van der Waals surface area (Å²) in [5.41, 5.74) is 0.455. The largest absolute Gasteiger partial charge is 0.392 e. The molecule has 118 valence electrons. The average Bonchev–Trinajstić information content (AvgIpc) is 2.91. The summed E-state index contributed by atoms with van der Waals surface area (Å²) < 4.78 is 1.56. The Balaban J connectivity index is 1.95. The van der Waals surface area contributed by atoms with Gasteiger partial charge in [0.1, 0.15) is 0 Å². The van der Waals surface area contributed by atoms with Gasteiger partial charge in [-0.05, 0) is 19.1 Å². The van der Waals surface area contributed by atoms with Crippen molar-refractivity contribution >= 4 is 23.0 Å². The van der Waals surface area contributed by atoms with Crippen LogP contribution in [0, 0.1) is 0 Å². The Hall–Kier alpha value is -3.00. The van der Waals surface area contributed by atoms with E-state index < -0.39 is 11.7 Å². The van der Waals surface area contributed by atoms with Crippen molar-refractivity contribution in [3.8, 4) is 0 Å². The zero-order chi connectivity index (χ0) is 16.4. The predicted octanol–water partition coefficient (Wildman–Crippen LogP) is 0.753. The first-order valence-electron chi connectivity index (χ1n) is 7.04. The van der Waals surface area contributed by atoms with Crippen LogP contribution in [0.5, 0.6) is 0 Å². The summed E-state index contributed by atoms with van der Waals surface area (Å²) in [6.07, 6.45) is 0.818. The molecule has 1 amide bonds. The van der Waals surface area contributed by atoms with Gasteiger partial charge in [-0.3, -0.25) is 19.9 Å². The van der Waals surface area contributed by atoms with E-state index in [1.54, 1.807) is 41.8 Å². The van der Waals surface area contributed by atoms with E-state index in [0.29, 0.717) is 11.2 Å². The minimum absolute atomic E-state index is 0.0312. The van der Waals surface area contributed by atoms with Gasteiger partial charge in [0.05, 0.1) is 19.0 Å². The number of carbonyl (C=O) groups excluding carboxylic acids is 1. The van der Waals surface area contributed by atoms with Crippen LogP contribution in [0.2, 0.25) is 0 Å². The summed E-state index contributed by atoms with van der Waals surface area (Å²) in [4.78, 5) is 34.8. The average molecular weight is 313 g/mol. The number of aliphatic hydroxyl groups is 1. The van der Waals surface area contributed by atoms with E-state index in [-0.39, 0.29) is 23.9 Å². The van der Waals surface area contributed by atoms with Crippen LogP contribution in [0.25, 0.3) is 11.2 Å². The number of aromatic nitrogens is 4. The fraction of sp³-hybridized carbons (Fsp3) is 0.200. The van der Waals surface area contributed by atoms with Crippen molar-refractivity contribution in [1.82, 2.24) is 19.5 Å². The lowest BCUT2D eigenvalue weighted by Gasteiger charge is -2.07. The quantitative estimate of drug-likeness (QED) is 0.658. The van der Waals surface area contributed by atoms with Crippen LogP contribution < -0.4 is 10.9 Å². The van der Waals surface area contributed by atoms with Crippen LogP contribution in [0.3, 0.4) is 0 Å². The number of fused-ring (bicyclic) bond motifs is 1. The number of carbonyl (C=O) groups is 1. The van der Waals surface area contributed by atoms with Gasteiger partial charge in [-0.2, -0.15) is 4.98 Å². The summed E-state index contributed by atoms with van der Waals surface area (Å²) in [6, 6.07) is 8.60. The maximum atomic E-state index is 12.1. The molecule has 8 heteroatoms.